The number of hydrogen-bond donors (Lipinski definition) is 2. The normalized spacial score (nSPS) is 11.1. The standard InChI is InChI=1S/C14H18FNO3/c1-14(2,9-13(18)19)16-12(17)7-6-10-4-3-5-11(15)8-10/h3-5,8H,6-7,9H2,1-2H3,(H,16,17)(H,18,19). The molecule has 1 aromatic rings. The molecule has 0 aliphatic rings. The minimum atomic E-state index is -0.963. The van der Waals surface area contributed by atoms with Gasteiger partial charge in [0.2, 0.25) is 5.91 Å². The monoisotopic (exact) mass is 267 g/mol. The number of aryl methyl sites for hydroxylation is 1. The first-order chi connectivity index (χ1) is 8.78. The molecule has 0 bridgehead atoms. The molecule has 0 radical (unpaired) electrons. The first-order valence-electron chi connectivity index (χ1n) is 6.06. The summed E-state index contributed by atoms with van der Waals surface area (Å²) in [6.07, 6.45) is 0.484. The Morgan fingerprint density at radius 2 is 2.05 bits per heavy atom. The van der Waals surface area contributed by atoms with E-state index >= 15 is 0 Å². The molecule has 0 aliphatic carbocycles. The molecule has 0 heterocycles. The molecule has 0 saturated carbocycles. The van der Waals surface area contributed by atoms with Crippen LogP contribution in [-0.4, -0.2) is 22.5 Å². The Hall–Kier alpha value is -1.91. The van der Waals surface area contributed by atoms with Crippen LogP contribution in [0, 0.1) is 5.82 Å². The van der Waals surface area contributed by atoms with Crippen LogP contribution in [0.1, 0.15) is 32.3 Å². The number of halogens is 1. The van der Waals surface area contributed by atoms with Crippen molar-refractivity contribution < 1.29 is 19.1 Å². The molecule has 0 unspecified atom stereocenters. The van der Waals surface area contributed by atoms with Gasteiger partial charge in [-0.15, -0.1) is 0 Å². The van der Waals surface area contributed by atoms with Gasteiger partial charge in [-0.25, -0.2) is 4.39 Å². The van der Waals surface area contributed by atoms with Crippen LogP contribution in [0.25, 0.3) is 0 Å². The minimum Gasteiger partial charge on any atom is -0.481 e. The van der Waals surface area contributed by atoms with E-state index in [1.54, 1.807) is 26.0 Å². The molecule has 1 aromatic carbocycles. The van der Waals surface area contributed by atoms with Crippen molar-refractivity contribution in [3.05, 3.63) is 35.6 Å². The number of carbonyl (C=O) groups excluding carboxylic acids is 1. The van der Waals surface area contributed by atoms with Gasteiger partial charge in [-0.2, -0.15) is 0 Å². The smallest absolute Gasteiger partial charge is 0.305 e. The quantitative estimate of drug-likeness (QED) is 0.829. The summed E-state index contributed by atoms with van der Waals surface area (Å²) in [5.41, 5.74) is -0.0450. The van der Waals surface area contributed by atoms with Gasteiger partial charge >= 0.3 is 5.97 Å². The van der Waals surface area contributed by atoms with Crippen molar-refractivity contribution in [2.45, 2.75) is 38.6 Å². The zero-order valence-corrected chi connectivity index (χ0v) is 11.1. The van der Waals surface area contributed by atoms with Crippen LogP contribution < -0.4 is 5.32 Å². The zero-order chi connectivity index (χ0) is 14.5. The Bertz CT molecular complexity index is 472. The molecule has 0 fully saturated rings. The predicted molar refractivity (Wildman–Crippen MR) is 69.2 cm³/mol. The van der Waals surface area contributed by atoms with Gasteiger partial charge in [0.15, 0.2) is 0 Å². The molecular formula is C14H18FNO3. The maximum atomic E-state index is 12.9. The van der Waals surface area contributed by atoms with Crippen LogP contribution in [0.15, 0.2) is 24.3 Å². The van der Waals surface area contributed by atoms with E-state index in [1.807, 2.05) is 0 Å². The van der Waals surface area contributed by atoms with Crippen molar-refractivity contribution in [1.82, 2.24) is 5.32 Å². The van der Waals surface area contributed by atoms with Crippen LogP contribution in [0.3, 0.4) is 0 Å². The second-order valence-corrected chi connectivity index (χ2v) is 5.13. The third kappa shape index (κ3) is 5.99. The Morgan fingerprint density at radius 3 is 2.63 bits per heavy atom. The Kier molecular flexibility index (Phi) is 5.03. The number of amides is 1. The number of carboxylic acid groups (broad SMARTS) is 1. The molecule has 0 saturated heterocycles. The summed E-state index contributed by atoms with van der Waals surface area (Å²) in [5, 5.41) is 11.4. The molecular weight excluding hydrogens is 249 g/mol. The second kappa shape index (κ2) is 6.31. The van der Waals surface area contributed by atoms with Crippen LogP contribution in [-0.2, 0) is 16.0 Å². The van der Waals surface area contributed by atoms with Crippen molar-refractivity contribution >= 4 is 11.9 Å². The molecule has 4 nitrogen and oxygen atoms in total. The highest BCUT2D eigenvalue weighted by Crippen LogP contribution is 2.10. The van der Waals surface area contributed by atoms with E-state index in [0.717, 1.165) is 5.56 Å². The highest BCUT2D eigenvalue weighted by atomic mass is 19.1. The summed E-state index contributed by atoms with van der Waals surface area (Å²) in [5.74, 6) is -1.53. The van der Waals surface area contributed by atoms with Crippen LogP contribution in [0.5, 0.6) is 0 Å². The van der Waals surface area contributed by atoms with Gasteiger partial charge in [0.25, 0.3) is 0 Å². The number of benzene rings is 1. The summed E-state index contributed by atoms with van der Waals surface area (Å²) < 4.78 is 12.9. The van der Waals surface area contributed by atoms with Gasteiger partial charge in [0.1, 0.15) is 5.82 Å². The molecule has 0 aromatic heterocycles. The van der Waals surface area contributed by atoms with E-state index in [2.05, 4.69) is 5.32 Å². The van der Waals surface area contributed by atoms with Gasteiger partial charge in [0, 0.05) is 12.0 Å². The third-order valence-electron chi connectivity index (χ3n) is 2.60. The topological polar surface area (TPSA) is 66.4 Å². The van der Waals surface area contributed by atoms with Crippen LogP contribution in [0.4, 0.5) is 4.39 Å². The number of rotatable bonds is 6. The average Bonchev–Trinajstić information content (AvgIpc) is 2.24. The molecule has 19 heavy (non-hydrogen) atoms. The molecule has 0 atom stereocenters. The van der Waals surface area contributed by atoms with E-state index in [-0.39, 0.29) is 24.6 Å². The van der Waals surface area contributed by atoms with Crippen molar-refractivity contribution in [3.8, 4) is 0 Å². The van der Waals surface area contributed by atoms with Gasteiger partial charge < -0.3 is 10.4 Å². The molecule has 2 N–H and O–H groups in total. The van der Waals surface area contributed by atoms with E-state index in [4.69, 9.17) is 5.11 Å². The predicted octanol–water partition coefficient (Wildman–Crippen LogP) is 2.13. The number of carboxylic acids is 1. The third-order valence-corrected chi connectivity index (χ3v) is 2.60. The second-order valence-electron chi connectivity index (χ2n) is 5.13. The summed E-state index contributed by atoms with van der Waals surface area (Å²) in [6.45, 7) is 3.31. The molecule has 5 heteroatoms. The summed E-state index contributed by atoms with van der Waals surface area (Å²) >= 11 is 0. The SMILES string of the molecule is CC(C)(CC(=O)O)NC(=O)CCc1cccc(F)c1. The van der Waals surface area contributed by atoms with Crippen molar-refractivity contribution in [2.24, 2.45) is 0 Å². The number of nitrogens with one attached hydrogen (secondary N) is 1. The lowest BCUT2D eigenvalue weighted by molar-refractivity contribution is -0.138. The summed E-state index contributed by atoms with van der Waals surface area (Å²) in [4.78, 5) is 22.3. The lowest BCUT2D eigenvalue weighted by Crippen LogP contribution is -2.45. The average molecular weight is 267 g/mol. The largest absolute Gasteiger partial charge is 0.481 e. The molecule has 0 spiro atoms. The van der Waals surface area contributed by atoms with Gasteiger partial charge in [-0.05, 0) is 38.0 Å². The first kappa shape index (κ1) is 15.1. The molecule has 1 rings (SSSR count). The van der Waals surface area contributed by atoms with Crippen LogP contribution >= 0.6 is 0 Å². The highest BCUT2D eigenvalue weighted by molar-refractivity contribution is 5.78. The number of aliphatic carboxylic acids is 1. The van der Waals surface area contributed by atoms with E-state index < -0.39 is 11.5 Å². The highest BCUT2D eigenvalue weighted by Gasteiger charge is 2.23. The van der Waals surface area contributed by atoms with Gasteiger partial charge in [0.05, 0.1) is 6.42 Å². The Balaban J connectivity index is 2.46. The van der Waals surface area contributed by atoms with E-state index in [0.29, 0.717) is 6.42 Å². The Labute approximate surface area is 111 Å². The van der Waals surface area contributed by atoms with Crippen molar-refractivity contribution in [2.75, 3.05) is 0 Å². The van der Waals surface area contributed by atoms with Gasteiger partial charge in [-0.1, -0.05) is 12.1 Å². The lowest BCUT2D eigenvalue weighted by atomic mass is 10.00. The maximum Gasteiger partial charge on any atom is 0.305 e. The number of hydrogen-bond acceptors (Lipinski definition) is 2. The fraction of sp³-hybridized carbons (Fsp3) is 0.429. The molecule has 104 valence electrons. The molecule has 1 amide bonds. The number of carbonyl (C=O) groups is 2. The molecule has 0 aliphatic heterocycles. The fourth-order valence-electron chi connectivity index (χ4n) is 1.81. The summed E-state index contributed by atoms with van der Waals surface area (Å²) in [6, 6.07) is 6.07. The van der Waals surface area contributed by atoms with E-state index in [9.17, 15) is 14.0 Å². The van der Waals surface area contributed by atoms with Crippen molar-refractivity contribution in [1.29, 1.82) is 0 Å². The zero-order valence-electron chi connectivity index (χ0n) is 11.1. The minimum absolute atomic E-state index is 0.140. The fourth-order valence-corrected chi connectivity index (χ4v) is 1.81. The first-order valence-corrected chi connectivity index (χ1v) is 6.06. The maximum absolute atomic E-state index is 12.9. The van der Waals surface area contributed by atoms with Gasteiger partial charge in [-0.3, -0.25) is 9.59 Å². The summed E-state index contributed by atoms with van der Waals surface area (Å²) in [7, 11) is 0. The van der Waals surface area contributed by atoms with Crippen LogP contribution in [0.2, 0.25) is 0 Å². The van der Waals surface area contributed by atoms with Crippen molar-refractivity contribution in [3.63, 3.8) is 0 Å². The Morgan fingerprint density at radius 1 is 1.37 bits per heavy atom. The van der Waals surface area contributed by atoms with E-state index in [1.165, 1.54) is 12.1 Å². The lowest BCUT2D eigenvalue weighted by Gasteiger charge is -2.24.